The van der Waals surface area contributed by atoms with Crippen molar-refractivity contribution < 1.29 is 28.6 Å². The molecule has 1 saturated heterocycles. The van der Waals surface area contributed by atoms with E-state index in [4.69, 9.17) is 14.2 Å². The fraction of sp³-hybridized carbons (Fsp3) is 0.375. The summed E-state index contributed by atoms with van der Waals surface area (Å²) in [4.78, 5) is 40.3. The minimum atomic E-state index is -0.554. The van der Waals surface area contributed by atoms with E-state index >= 15 is 0 Å². The lowest BCUT2D eigenvalue weighted by Gasteiger charge is -2.21. The molecule has 0 N–H and O–H groups in total. The molecule has 32 heavy (non-hydrogen) atoms. The summed E-state index contributed by atoms with van der Waals surface area (Å²) in [6.45, 7) is 1.76. The fourth-order valence-corrected chi connectivity index (χ4v) is 3.80. The quantitative estimate of drug-likeness (QED) is 0.615. The minimum Gasteiger partial charge on any atom is -0.486 e. The molecule has 0 bridgehead atoms. The zero-order chi connectivity index (χ0) is 22.5. The Kier molecular flexibility index (Phi) is 6.58. The standard InChI is InChI=1S/C24H26N2O6/c1-25(13-18-7-8-20-21(11-18)31-10-9-30-20)23(28)16-32-24(29)19-12-22(27)26(15-19)14-17-5-3-2-4-6-17/h2-8,11,19H,9-10,12-16H2,1H3/t19-/m0/s1. The molecule has 8 nitrogen and oxygen atoms in total. The van der Waals surface area contributed by atoms with Crippen LogP contribution in [-0.2, 0) is 32.2 Å². The maximum atomic E-state index is 12.4. The van der Waals surface area contributed by atoms with E-state index in [0.717, 1.165) is 11.1 Å². The summed E-state index contributed by atoms with van der Waals surface area (Å²) >= 11 is 0. The molecule has 2 heterocycles. The van der Waals surface area contributed by atoms with Crippen molar-refractivity contribution >= 4 is 17.8 Å². The molecule has 0 spiro atoms. The van der Waals surface area contributed by atoms with Gasteiger partial charge in [0.05, 0.1) is 5.92 Å². The maximum Gasteiger partial charge on any atom is 0.311 e. The highest BCUT2D eigenvalue weighted by Crippen LogP contribution is 2.31. The van der Waals surface area contributed by atoms with E-state index in [1.165, 1.54) is 4.90 Å². The highest BCUT2D eigenvalue weighted by Gasteiger charge is 2.35. The van der Waals surface area contributed by atoms with Crippen molar-refractivity contribution in [1.29, 1.82) is 0 Å². The number of benzene rings is 2. The van der Waals surface area contributed by atoms with Crippen LogP contribution in [-0.4, -0.2) is 61.0 Å². The van der Waals surface area contributed by atoms with E-state index in [1.807, 2.05) is 48.5 Å². The Balaban J connectivity index is 1.24. The van der Waals surface area contributed by atoms with Crippen LogP contribution in [0.25, 0.3) is 0 Å². The first-order valence-electron chi connectivity index (χ1n) is 10.6. The molecule has 8 heteroatoms. The second-order valence-corrected chi connectivity index (χ2v) is 8.00. The zero-order valence-electron chi connectivity index (χ0n) is 18.0. The van der Waals surface area contributed by atoms with Gasteiger partial charge in [0, 0.05) is 33.1 Å². The smallest absolute Gasteiger partial charge is 0.311 e. The van der Waals surface area contributed by atoms with Crippen LogP contribution in [0.1, 0.15) is 17.5 Å². The molecule has 1 fully saturated rings. The van der Waals surface area contributed by atoms with Gasteiger partial charge in [0.15, 0.2) is 18.1 Å². The number of fused-ring (bicyclic) bond motifs is 1. The summed E-state index contributed by atoms with van der Waals surface area (Å²) in [6.07, 6.45) is 0.104. The highest BCUT2D eigenvalue weighted by atomic mass is 16.6. The molecule has 2 aliphatic rings. The Hall–Kier alpha value is -3.55. The van der Waals surface area contributed by atoms with Gasteiger partial charge in [-0.15, -0.1) is 0 Å². The number of likely N-dealkylation sites (N-methyl/N-ethyl adjacent to an activating group) is 1. The number of carbonyl (C=O) groups excluding carboxylic acids is 3. The number of hydrogen-bond acceptors (Lipinski definition) is 6. The van der Waals surface area contributed by atoms with E-state index in [1.54, 1.807) is 11.9 Å². The Morgan fingerprint density at radius 2 is 1.81 bits per heavy atom. The molecule has 0 saturated carbocycles. The molecule has 4 rings (SSSR count). The molecule has 2 aromatic rings. The third-order valence-corrected chi connectivity index (χ3v) is 5.55. The van der Waals surface area contributed by atoms with Gasteiger partial charge in [0.2, 0.25) is 5.91 Å². The largest absolute Gasteiger partial charge is 0.486 e. The molecule has 0 aliphatic carbocycles. The third kappa shape index (κ3) is 5.19. The molecule has 2 aromatic carbocycles. The molecule has 2 amide bonds. The van der Waals surface area contributed by atoms with Crippen molar-refractivity contribution in [2.75, 3.05) is 33.4 Å². The van der Waals surface area contributed by atoms with Gasteiger partial charge < -0.3 is 24.0 Å². The Bertz CT molecular complexity index is 993. The van der Waals surface area contributed by atoms with Gasteiger partial charge in [-0.2, -0.15) is 0 Å². The predicted molar refractivity (Wildman–Crippen MR) is 115 cm³/mol. The van der Waals surface area contributed by atoms with Gasteiger partial charge in [0.25, 0.3) is 5.91 Å². The van der Waals surface area contributed by atoms with Crippen molar-refractivity contribution in [3.63, 3.8) is 0 Å². The number of likely N-dealkylation sites (tertiary alicyclic amines) is 1. The molecule has 0 radical (unpaired) electrons. The number of amides is 2. The average molecular weight is 438 g/mol. The molecule has 0 unspecified atom stereocenters. The first-order valence-corrected chi connectivity index (χ1v) is 10.6. The number of carbonyl (C=O) groups is 3. The Morgan fingerprint density at radius 3 is 2.59 bits per heavy atom. The maximum absolute atomic E-state index is 12.4. The number of esters is 1. The summed E-state index contributed by atoms with van der Waals surface area (Å²) in [6, 6.07) is 15.1. The van der Waals surface area contributed by atoms with Crippen molar-refractivity contribution in [2.24, 2.45) is 5.92 Å². The van der Waals surface area contributed by atoms with Crippen molar-refractivity contribution in [3.8, 4) is 11.5 Å². The van der Waals surface area contributed by atoms with Gasteiger partial charge >= 0.3 is 5.97 Å². The van der Waals surface area contributed by atoms with Gasteiger partial charge in [-0.05, 0) is 23.3 Å². The van der Waals surface area contributed by atoms with Crippen LogP contribution in [0.2, 0.25) is 0 Å². The van der Waals surface area contributed by atoms with Crippen LogP contribution in [0.5, 0.6) is 11.5 Å². The molecule has 1 atom stereocenters. The number of rotatable bonds is 7. The molecule has 2 aliphatic heterocycles. The lowest BCUT2D eigenvalue weighted by Crippen LogP contribution is -2.32. The zero-order valence-corrected chi connectivity index (χ0v) is 18.0. The van der Waals surface area contributed by atoms with Crippen LogP contribution in [0.4, 0.5) is 0 Å². The van der Waals surface area contributed by atoms with Crippen LogP contribution < -0.4 is 9.47 Å². The van der Waals surface area contributed by atoms with E-state index in [0.29, 0.717) is 44.3 Å². The lowest BCUT2D eigenvalue weighted by atomic mass is 10.1. The SMILES string of the molecule is CN(Cc1ccc2c(c1)OCCO2)C(=O)COC(=O)[C@H]1CC(=O)N(Cc2ccccc2)C1. The Labute approximate surface area is 186 Å². The summed E-state index contributed by atoms with van der Waals surface area (Å²) in [5.41, 5.74) is 1.89. The van der Waals surface area contributed by atoms with Gasteiger partial charge in [-0.1, -0.05) is 36.4 Å². The van der Waals surface area contributed by atoms with Crippen LogP contribution in [0.3, 0.4) is 0 Å². The van der Waals surface area contributed by atoms with Crippen molar-refractivity contribution in [3.05, 3.63) is 59.7 Å². The number of hydrogen-bond donors (Lipinski definition) is 0. The lowest BCUT2D eigenvalue weighted by molar-refractivity contribution is -0.155. The normalized spacial score (nSPS) is 17.2. The van der Waals surface area contributed by atoms with E-state index in [2.05, 4.69) is 0 Å². The van der Waals surface area contributed by atoms with E-state index in [-0.39, 0.29) is 24.8 Å². The van der Waals surface area contributed by atoms with Crippen LogP contribution in [0.15, 0.2) is 48.5 Å². The van der Waals surface area contributed by atoms with Crippen LogP contribution >= 0.6 is 0 Å². The summed E-state index contributed by atoms with van der Waals surface area (Å²) in [5.74, 6) is -0.129. The second kappa shape index (κ2) is 9.72. The summed E-state index contributed by atoms with van der Waals surface area (Å²) in [7, 11) is 1.65. The molecule has 0 aromatic heterocycles. The first-order chi connectivity index (χ1) is 15.5. The van der Waals surface area contributed by atoms with Gasteiger partial charge in [0.1, 0.15) is 13.2 Å². The van der Waals surface area contributed by atoms with Gasteiger partial charge in [-0.25, -0.2) is 0 Å². The number of nitrogens with zero attached hydrogens (tertiary/aromatic N) is 2. The van der Waals surface area contributed by atoms with E-state index < -0.39 is 11.9 Å². The summed E-state index contributed by atoms with van der Waals surface area (Å²) in [5, 5.41) is 0. The minimum absolute atomic E-state index is 0.0853. The predicted octanol–water partition coefficient (Wildman–Crippen LogP) is 2.01. The third-order valence-electron chi connectivity index (χ3n) is 5.55. The van der Waals surface area contributed by atoms with Crippen molar-refractivity contribution in [2.45, 2.75) is 19.5 Å². The number of ether oxygens (including phenoxy) is 3. The fourth-order valence-electron chi connectivity index (χ4n) is 3.80. The monoisotopic (exact) mass is 438 g/mol. The first kappa shape index (κ1) is 21.7. The molecular formula is C24H26N2O6. The topological polar surface area (TPSA) is 85.4 Å². The Morgan fingerprint density at radius 1 is 1.06 bits per heavy atom. The van der Waals surface area contributed by atoms with E-state index in [9.17, 15) is 14.4 Å². The van der Waals surface area contributed by atoms with Gasteiger partial charge in [-0.3, -0.25) is 14.4 Å². The highest BCUT2D eigenvalue weighted by molar-refractivity contribution is 5.88. The second-order valence-electron chi connectivity index (χ2n) is 8.00. The summed E-state index contributed by atoms with van der Waals surface area (Å²) < 4.78 is 16.3. The van der Waals surface area contributed by atoms with Crippen LogP contribution in [0, 0.1) is 5.92 Å². The van der Waals surface area contributed by atoms with Crippen molar-refractivity contribution in [1.82, 2.24) is 9.80 Å². The molecular weight excluding hydrogens is 412 g/mol. The average Bonchev–Trinajstić information content (AvgIpc) is 3.18. The molecule has 168 valence electrons.